The van der Waals surface area contributed by atoms with Crippen LogP contribution >= 0.6 is 0 Å². The molecule has 3 atom stereocenters. The van der Waals surface area contributed by atoms with Gasteiger partial charge in [-0.25, -0.2) is 4.79 Å². The normalized spacial score (nSPS) is 23.3. The molecule has 0 saturated carbocycles. The number of aromatic nitrogens is 1. The van der Waals surface area contributed by atoms with Gasteiger partial charge in [-0.3, -0.25) is 15.1 Å². The van der Waals surface area contributed by atoms with E-state index in [9.17, 15) is 10.0 Å². The van der Waals surface area contributed by atoms with Crippen LogP contribution in [0.4, 0.5) is 10.5 Å². The Bertz CT molecular complexity index is 1020. The number of allylic oxidation sites excluding steroid dienone is 2. The lowest BCUT2D eigenvalue weighted by Gasteiger charge is -2.46. The second-order valence-corrected chi connectivity index (χ2v) is 8.62. The fourth-order valence-corrected chi connectivity index (χ4v) is 4.90. The Balaban J connectivity index is 1.66. The smallest absolute Gasteiger partial charge is 0.343 e. The van der Waals surface area contributed by atoms with E-state index in [1.165, 1.54) is 11.1 Å². The molecule has 32 heavy (non-hydrogen) atoms. The molecule has 2 aliphatic heterocycles. The molecule has 1 aromatic heterocycles. The average molecular weight is 434 g/mol. The van der Waals surface area contributed by atoms with Crippen molar-refractivity contribution in [2.45, 2.75) is 57.8 Å². The van der Waals surface area contributed by atoms with Gasteiger partial charge in [0, 0.05) is 18.8 Å². The van der Waals surface area contributed by atoms with Gasteiger partial charge in [0.25, 0.3) is 0 Å². The zero-order valence-corrected chi connectivity index (χ0v) is 18.6. The van der Waals surface area contributed by atoms with Gasteiger partial charge in [0.2, 0.25) is 0 Å². The van der Waals surface area contributed by atoms with Crippen LogP contribution in [0.15, 0.2) is 66.5 Å². The molecule has 0 spiro atoms. The van der Waals surface area contributed by atoms with Gasteiger partial charge in [-0.1, -0.05) is 24.3 Å². The Labute approximate surface area is 189 Å². The minimum atomic E-state index is -0.904. The molecule has 0 aliphatic carbocycles. The quantitative estimate of drug-likeness (QED) is 0.485. The highest BCUT2D eigenvalue weighted by Crippen LogP contribution is 2.38. The molecule has 3 heterocycles. The number of amides is 2. The Morgan fingerprint density at radius 2 is 2.03 bits per heavy atom. The Morgan fingerprint density at radius 1 is 1.25 bits per heavy atom. The van der Waals surface area contributed by atoms with Crippen molar-refractivity contribution in [2.75, 3.05) is 5.06 Å². The number of nitrogens with two attached hydrogens (primary N) is 1. The number of carbonyl (C=O) groups excluding carboxylic acids is 1. The molecule has 1 fully saturated rings. The monoisotopic (exact) mass is 433 g/mol. The Hall–Kier alpha value is -3.16. The Kier molecular flexibility index (Phi) is 6.58. The molecule has 4 N–H and O–H groups in total. The number of pyridine rings is 1. The summed E-state index contributed by atoms with van der Waals surface area (Å²) in [4.78, 5) is 18.6. The van der Waals surface area contributed by atoms with Crippen LogP contribution in [0, 0.1) is 6.92 Å². The number of primary amides is 1. The Morgan fingerprint density at radius 3 is 2.72 bits per heavy atom. The van der Waals surface area contributed by atoms with Crippen molar-refractivity contribution in [2.24, 2.45) is 5.73 Å². The highest BCUT2D eigenvalue weighted by molar-refractivity contribution is 5.87. The molecule has 0 bridgehead atoms. The van der Waals surface area contributed by atoms with Gasteiger partial charge in [-0.2, -0.15) is 5.06 Å². The lowest BCUT2D eigenvalue weighted by atomic mass is 9.85. The number of nitrogens with zero attached hydrogens (tertiary/aromatic N) is 3. The van der Waals surface area contributed by atoms with Crippen LogP contribution in [0.1, 0.15) is 49.0 Å². The number of dihydropyridines is 1. The van der Waals surface area contributed by atoms with E-state index in [2.05, 4.69) is 42.3 Å². The van der Waals surface area contributed by atoms with E-state index >= 15 is 0 Å². The molecular formula is C25H31N5O2. The summed E-state index contributed by atoms with van der Waals surface area (Å²) in [5.74, 6) is 0. The summed E-state index contributed by atoms with van der Waals surface area (Å²) in [6.45, 7) is 5.05. The topological polar surface area (TPSA) is 94.7 Å². The summed E-state index contributed by atoms with van der Waals surface area (Å²) in [6.07, 6.45) is 11.5. The summed E-state index contributed by atoms with van der Waals surface area (Å²) in [5.41, 5.74) is 10.3. The number of benzene rings is 1. The second kappa shape index (κ2) is 9.54. The highest BCUT2D eigenvalue weighted by atomic mass is 16.5. The molecule has 0 radical (unpaired) electrons. The highest BCUT2D eigenvalue weighted by Gasteiger charge is 2.38. The van der Waals surface area contributed by atoms with Crippen molar-refractivity contribution < 1.29 is 10.0 Å². The van der Waals surface area contributed by atoms with Crippen molar-refractivity contribution in [3.8, 4) is 0 Å². The third-order valence-corrected chi connectivity index (χ3v) is 6.53. The lowest BCUT2D eigenvalue weighted by molar-refractivity contribution is 0.0572. The summed E-state index contributed by atoms with van der Waals surface area (Å²) < 4.78 is 0. The van der Waals surface area contributed by atoms with Crippen molar-refractivity contribution >= 4 is 11.7 Å². The van der Waals surface area contributed by atoms with Crippen LogP contribution < -0.4 is 16.1 Å². The van der Waals surface area contributed by atoms with Gasteiger partial charge in [-0.15, -0.1) is 0 Å². The number of carbonyl (C=O) groups is 1. The summed E-state index contributed by atoms with van der Waals surface area (Å²) in [5, 5.41) is 13.8. The molecule has 2 aliphatic rings. The first kappa shape index (κ1) is 22.0. The molecule has 7 nitrogen and oxygen atoms in total. The summed E-state index contributed by atoms with van der Waals surface area (Å²) in [6, 6.07) is 11.3. The van der Waals surface area contributed by atoms with Crippen LogP contribution in [-0.2, 0) is 6.54 Å². The van der Waals surface area contributed by atoms with Crippen LogP contribution in [-0.4, -0.2) is 33.2 Å². The molecule has 7 heteroatoms. The molecule has 2 aromatic rings. The first-order valence-electron chi connectivity index (χ1n) is 11.1. The van der Waals surface area contributed by atoms with E-state index in [4.69, 9.17) is 10.7 Å². The third kappa shape index (κ3) is 4.54. The van der Waals surface area contributed by atoms with Crippen molar-refractivity contribution in [3.05, 3.63) is 83.3 Å². The maximum Gasteiger partial charge on any atom is 0.343 e. The standard InChI is InChI=1S/C25H31N5O2/c1-17-6-4-14-27-23(17)21-8-3-9-22(24-18(2)7-5-15-28-24)29(21)16-19-10-12-20(13-11-19)30(32)25(26)31/h4-7,10-15,21-23,27,32H,3,8-9,16H2,1-2H3,(H2,26,31)/t21-,22+,23?/m1/s1. The number of anilines is 1. The van der Waals surface area contributed by atoms with Gasteiger partial charge < -0.3 is 11.1 Å². The van der Waals surface area contributed by atoms with E-state index in [0.29, 0.717) is 16.8 Å². The number of hydroxylamine groups is 1. The van der Waals surface area contributed by atoms with E-state index in [1.807, 2.05) is 30.6 Å². The van der Waals surface area contributed by atoms with E-state index in [0.717, 1.165) is 37.1 Å². The molecular weight excluding hydrogens is 402 g/mol. The number of aryl methyl sites for hydroxylation is 1. The molecule has 2 amide bonds. The fraction of sp³-hybridized carbons (Fsp3) is 0.360. The third-order valence-electron chi connectivity index (χ3n) is 6.53. The minimum absolute atomic E-state index is 0.218. The van der Waals surface area contributed by atoms with Crippen LogP contribution in [0.5, 0.6) is 0 Å². The molecule has 1 aromatic carbocycles. The predicted molar refractivity (Wildman–Crippen MR) is 125 cm³/mol. The number of hydrogen-bond acceptors (Lipinski definition) is 5. The van der Waals surface area contributed by atoms with Gasteiger partial charge in [0.15, 0.2) is 0 Å². The number of likely N-dealkylation sites (tertiary alicyclic amines) is 1. The molecule has 168 valence electrons. The maximum atomic E-state index is 11.2. The summed E-state index contributed by atoms with van der Waals surface area (Å²) >= 11 is 0. The van der Waals surface area contributed by atoms with Crippen LogP contribution in [0.3, 0.4) is 0 Å². The summed E-state index contributed by atoms with van der Waals surface area (Å²) in [7, 11) is 0. The number of urea groups is 1. The van der Waals surface area contributed by atoms with E-state index < -0.39 is 6.03 Å². The van der Waals surface area contributed by atoms with Gasteiger partial charge in [0.1, 0.15) is 0 Å². The molecule has 1 unspecified atom stereocenters. The van der Waals surface area contributed by atoms with Gasteiger partial charge >= 0.3 is 6.03 Å². The van der Waals surface area contributed by atoms with Crippen LogP contribution in [0.25, 0.3) is 0 Å². The minimum Gasteiger partial charge on any atom is -0.383 e. The zero-order valence-electron chi connectivity index (χ0n) is 18.6. The number of nitrogens with one attached hydrogen (secondary N) is 1. The lowest BCUT2D eigenvalue weighted by Crippen LogP contribution is -2.53. The first-order chi connectivity index (χ1) is 15.5. The van der Waals surface area contributed by atoms with E-state index in [-0.39, 0.29) is 12.1 Å². The SMILES string of the molecule is CC1=CC=CNC1[C@H]1CCC[C@@H](c2ncccc2C)N1Cc1ccc(N(O)C(N)=O)cc1. The van der Waals surface area contributed by atoms with Crippen LogP contribution in [0.2, 0.25) is 0 Å². The number of piperidine rings is 1. The van der Waals surface area contributed by atoms with E-state index in [1.54, 1.807) is 12.1 Å². The molecule has 4 rings (SSSR count). The van der Waals surface area contributed by atoms with Crippen molar-refractivity contribution in [1.29, 1.82) is 0 Å². The largest absolute Gasteiger partial charge is 0.383 e. The predicted octanol–water partition coefficient (Wildman–Crippen LogP) is 4.19. The van der Waals surface area contributed by atoms with Crippen molar-refractivity contribution in [3.63, 3.8) is 0 Å². The van der Waals surface area contributed by atoms with Crippen molar-refractivity contribution in [1.82, 2.24) is 15.2 Å². The average Bonchev–Trinajstić information content (AvgIpc) is 2.80. The fourth-order valence-electron chi connectivity index (χ4n) is 4.90. The number of hydrogen-bond donors (Lipinski definition) is 3. The zero-order chi connectivity index (χ0) is 22.7. The first-order valence-corrected chi connectivity index (χ1v) is 11.1. The van der Waals surface area contributed by atoms with Gasteiger partial charge in [-0.05, 0) is 80.3 Å². The van der Waals surface area contributed by atoms with Gasteiger partial charge in [0.05, 0.1) is 23.5 Å². The second-order valence-electron chi connectivity index (χ2n) is 8.62. The maximum absolute atomic E-state index is 11.2. The number of rotatable bonds is 5. The molecule has 1 saturated heterocycles.